The second-order valence-corrected chi connectivity index (χ2v) is 1.07. The third kappa shape index (κ3) is 4.82. The minimum atomic E-state index is 1.17. The SMILES string of the molecule is C=C/C=C/C=C/N=O. The van der Waals surface area contributed by atoms with Gasteiger partial charge in [-0.05, 0) is 11.3 Å². The molecule has 0 unspecified atom stereocenters. The van der Waals surface area contributed by atoms with Gasteiger partial charge in [0.25, 0.3) is 0 Å². The van der Waals surface area contributed by atoms with Gasteiger partial charge >= 0.3 is 0 Å². The van der Waals surface area contributed by atoms with E-state index in [4.69, 9.17) is 0 Å². The molecule has 0 saturated heterocycles. The molecule has 0 amide bonds. The molecule has 0 radical (unpaired) electrons. The molecule has 0 rings (SSSR count). The van der Waals surface area contributed by atoms with Gasteiger partial charge in [-0.3, -0.25) is 0 Å². The lowest BCUT2D eigenvalue weighted by atomic mass is 10.5. The minimum Gasteiger partial charge on any atom is -0.145 e. The monoisotopic (exact) mass is 109 g/mol. The van der Waals surface area contributed by atoms with Crippen molar-refractivity contribution < 1.29 is 0 Å². The first kappa shape index (κ1) is 6.82. The van der Waals surface area contributed by atoms with Gasteiger partial charge in [-0.2, -0.15) is 0 Å². The van der Waals surface area contributed by atoms with E-state index in [-0.39, 0.29) is 0 Å². The van der Waals surface area contributed by atoms with Gasteiger partial charge in [0.2, 0.25) is 0 Å². The van der Waals surface area contributed by atoms with Crippen LogP contribution in [0.2, 0.25) is 0 Å². The van der Waals surface area contributed by atoms with Crippen LogP contribution in [0.3, 0.4) is 0 Å². The first-order valence-electron chi connectivity index (χ1n) is 2.18. The number of allylic oxidation sites excluding steroid dienone is 4. The van der Waals surface area contributed by atoms with E-state index < -0.39 is 0 Å². The van der Waals surface area contributed by atoms with E-state index in [0.29, 0.717) is 0 Å². The van der Waals surface area contributed by atoms with Gasteiger partial charge in [0.1, 0.15) is 0 Å². The lowest BCUT2D eigenvalue weighted by molar-refractivity contribution is 1.54. The number of hydrogen-bond donors (Lipinski definition) is 0. The van der Waals surface area contributed by atoms with Crippen molar-refractivity contribution in [2.45, 2.75) is 0 Å². The lowest BCUT2D eigenvalue weighted by Gasteiger charge is -1.64. The fourth-order valence-electron chi connectivity index (χ4n) is 0.228. The molecule has 0 fully saturated rings. The fraction of sp³-hybridized carbons (Fsp3) is 0. The summed E-state index contributed by atoms with van der Waals surface area (Å²) in [5.41, 5.74) is 0. The highest BCUT2D eigenvalue weighted by molar-refractivity contribution is 5.08. The second-order valence-electron chi connectivity index (χ2n) is 1.07. The molecule has 0 bridgehead atoms. The van der Waals surface area contributed by atoms with Gasteiger partial charge in [0.05, 0.1) is 6.20 Å². The lowest BCUT2D eigenvalue weighted by Crippen LogP contribution is -1.45. The predicted octanol–water partition coefficient (Wildman–Crippen LogP) is 2.01. The summed E-state index contributed by atoms with van der Waals surface area (Å²) in [5, 5.41) is 2.49. The quantitative estimate of drug-likeness (QED) is 0.402. The average Bonchev–Trinajstić information content (AvgIpc) is 1.81. The van der Waals surface area contributed by atoms with E-state index in [2.05, 4.69) is 11.8 Å². The van der Waals surface area contributed by atoms with E-state index >= 15 is 0 Å². The van der Waals surface area contributed by atoms with Gasteiger partial charge in [-0.15, -0.1) is 4.91 Å². The van der Waals surface area contributed by atoms with Crippen molar-refractivity contribution in [2.75, 3.05) is 0 Å². The first-order valence-corrected chi connectivity index (χ1v) is 2.18. The molecule has 0 aliphatic heterocycles. The topological polar surface area (TPSA) is 29.4 Å². The van der Waals surface area contributed by atoms with Crippen LogP contribution in [0.1, 0.15) is 0 Å². The highest BCUT2D eigenvalue weighted by Crippen LogP contribution is 1.76. The van der Waals surface area contributed by atoms with E-state index in [1.54, 1.807) is 18.2 Å². The summed E-state index contributed by atoms with van der Waals surface area (Å²) in [7, 11) is 0. The number of nitroso groups, excluding NO2 is 1. The summed E-state index contributed by atoms with van der Waals surface area (Å²) in [6.45, 7) is 3.43. The normalized spacial score (nSPS) is 10.5. The highest BCUT2D eigenvalue weighted by atomic mass is 16.2. The molecule has 0 saturated carbocycles. The van der Waals surface area contributed by atoms with Gasteiger partial charge in [-0.1, -0.05) is 24.8 Å². The Labute approximate surface area is 48.2 Å². The zero-order valence-corrected chi connectivity index (χ0v) is 4.45. The van der Waals surface area contributed by atoms with Crippen molar-refractivity contribution in [3.63, 3.8) is 0 Å². The molecule has 2 heteroatoms. The molecule has 0 spiro atoms. The molecule has 0 N–H and O–H groups in total. The predicted molar refractivity (Wildman–Crippen MR) is 34.3 cm³/mol. The first-order chi connectivity index (χ1) is 3.91. The van der Waals surface area contributed by atoms with E-state index in [0.717, 1.165) is 0 Å². The molecule has 0 aliphatic rings. The maximum absolute atomic E-state index is 9.37. The highest BCUT2D eigenvalue weighted by Gasteiger charge is 1.57. The Morgan fingerprint density at radius 3 is 2.50 bits per heavy atom. The summed E-state index contributed by atoms with van der Waals surface area (Å²) in [6.07, 6.45) is 7.71. The molecule has 0 aromatic heterocycles. The van der Waals surface area contributed by atoms with Crippen molar-refractivity contribution >= 4 is 0 Å². The van der Waals surface area contributed by atoms with Crippen LogP contribution < -0.4 is 0 Å². The molecule has 0 heterocycles. The summed E-state index contributed by atoms with van der Waals surface area (Å²) in [4.78, 5) is 9.37. The number of hydrogen-bond acceptors (Lipinski definition) is 2. The Morgan fingerprint density at radius 1 is 1.25 bits per heavy atom. The van der Waals surface area contributed by atoms with E-state index in [9.17, 15) is 4.91 Å². The van der Waals surface area contributed by atoms with Crippen LogP contribution >= 0.6 is 0 Å². The molecule has 0 atom stereocenters. The summed E-state index contributed by atoms with van der Waals surface area (Å²) < 4.78 is 0. The average molecular weight is 109 g/mol. The van der Waals surface area contributed by atoms with Crippen LogP contribution in [-0.2, 0) is 0 Å². The Balaban J connectivity index is 3.41. The Morgan fingerprint density at radius 2 is 2.00 bits per heavy atom. The van der Waals surface area contributed by atoms with Crippen LogP contribution in [0.25, 0.3) is 0 Å². The second kappa shape index (κ2) is 5.82. The van der Waals surface area contributed by atoms with Crippen LogP contribution in [0.5, 0.6) is 0 Å². The maximum Gasteiger partial charge on any atom is 0.0714 e. The molecular formula is C6H7NO. The van der Waals surface area contributed by atoms with Crippen molar-refractivity contribution in [1.82, 2.24) is 0 Å². The Kier molecular flexibility index (Phi) is 4.96. The zero-order valence-electron chi connectivity index (χ0n) is 4.45. The molecular weight excluding hydrogens is 102 g/mol. The maximum atomic E-state index is 9.37. The fourth-order valence-corrected chi connectivity index (χ4v) is 0.228. The summed E-state index contributed by atoms with van der Waals surface area (Å²) >= 11 is 0. The number of nitrogens with zero attached hydrogens (tertiary/aromatic N) is 1. The van der Waals surface area contributed by atoms with E-state index in [1.807, 2.05) is 0 Å². The van der Waals surface area contributed by atoms with Crippen molar-refractivity contribution in [1.29, 1.82) is 0 Å². The molecule has 8 heavy (non-hydrogen) atoms. The zero-order chi connectivity index (χ0) is 6.24. The van der Waals surface area contributed by atoms with Crippen LogP contribution in [-0.4, -0.2) is 0 Å². The standard InChI is InChI=1S/C6H7NO/c1-2-3-4-5-6-7-8/h2-6H,1H2/b4-3+,6-5+. The molecule has 0 aliphatic carbocycles. The Bertz CT molecular complexity index is 108. The molecule has 0 aromatic carbocycles. The Hall–Kier alpha value is -1.18. The molecule has 2 nitrogen and oxygen atoms in total. The van der Waals surface area contributed by atoms with E-state index in [1.165, 1.54) is 12.3 Å². The van der Waals surface area contributed by atoms with Gasteiger partial charge in [-0.25, -0.2) is 0 Å². The molecule has 0 aromatic rings. The van der Waals surface area contributed by atoms with Crippen molar-refractivity contribution in [3.05, 3.63) is 42.0 Å². The van der Waals surface area contributed by atoms with Gasteiger partial charge in [0, 0.05) is 0 Å². The van der Waals surface area contributed by atoms with Crippen LogP contribution in [0.15, 0.2) is 42.3 Å². The van der Waals surface area contributed by atoms with Crippen LogP contribution in [0.4, 0.5) is 0 Å². The minimum absolute atomic E-state index is 1.17. The summed E-state index contributed by atoms with van der Waals surface area (Å²) in [5.74, 6) is 0. The smallest absolute Gasteiger partial charge is 0.0714 e. The largest absolute Gasteiger partial charge is 0.145 e. The van der Waals surface area contributed by atoms with Crippen molar-refractivity contribution in [3.8, 4) is 0 Å². The van der Waals surface area contributed by atoms with Gasteiger partial charge < -0.3 is 0 Å². The third-order valence-corrected chi connectivity index (χ3v) is 0.505. The summed E-state index contributed by atoms with van der Waals surface area (Å²) in [6, 6.07) is 0. The third-order valence-electron chi connectivity index (χ3n) is 0.505. The van der Waals surface area contributed by atoms with Gasteiger partial charge in [0.15, 0.2) is 0 Å². The number of rotatable bonds is 3. The molecule has 42 valence electrons. The van der Waals surface area contributed by atoms with Crippen LogP contribution in [0, 0.1) is 4.91 Å². The van der Waals surface area contributed by atoms with Crippen molar-refractivity contribution in [2.24, 2.45) is 5.18 Å².